The van der Waals surface area contributed by atoms with Crippen molar-refractivity contribution in [2.24, 2.45) is 5.92 Å². The SMILES string of the molecule is COC(=O)c1ccc(-c2ncnc3c2ncn3C2CC(Cc3ncc4ccccc4n3)C2)cc1. The van der Waals surface area contributed by atoms with Crippen molar-refractivity contribution in [3.8, 4) is 11.3 Å². The molecule has 0 radical (unpaired) electrons. The Morgan fingerprint density at radius 1 is 1.03 bits per heavy atom. The highest BCUT2D eigenvalue weighted by atomic mass is 16.5. The molecule has 0 N–H and O–H groups in total. The minimum Gasteiger partial charge on any atom is -0.465 e. The molecule has 3 aromatic heterocycles. The summed E-state index contributed by atoms with van der Waals surface area (Å²) < 4.78 is 6.93. The molecule has 0 atom stereocenters. The van der Waals surface area contributed by atoms with Crippen molar-refractivity contribution in [2.75, 3.05) is 7.11 Å². The second-order valence-corrected chi connectivity index (χ2v) is 8.66. The van der Waals surface area contributed by atoms with E-state index in [0.717, 1.165) is 58.4 Å². The second-order valence-electron chi connectivity index (χ2n) is 8.66. The first-order valence-electron chi connectivity index (χ1n) is 11.3. The average Bonchev–Trinajstić information content (AvgIpc) is 3.29. The summed E-state index contributed by atoms with van der Waals surface area (Å²) in [4.78, 5) is 34.6. The number of rotatable bonds is 5. The second kappa shape index (κ2) is 8.30. The summed E-state index contributed by atoms with van der Waals surface area (Å²) in [5.41, 5.74) is 4.71. The molecule has 0 unspecified atom stereocenters. The highest BCUT2D eigenvalue weighted by molar-refractivity contribution is 5.91. The molecule has 8 nitrogen and oxygen atoms in total. The summed E-state index contributed by atoms with van der Waals surface area (Å²) in [5.74, 6) is 1.07. The molecule has 1 saturated carbocycles. The van der Waals surface area contributed by atoms with Gasteiger partial charge in [0.15, 0.2) is 5.65 Å². The van der Waals surface area contributed by atoms with Crippen LogP contribution in [0.3, 0.4) is 0 Å². The molecule has 3 heterocycles. The van der Waals surface area contributed by atoms with Crippen LogP contribution in [0.5, 0.6) is 0 Å². The molecule has 1 aliphatic rings. The molecule has 0 spiro atoms. The number of nitrogens with zero attached hydrogens (tertiary/aromatic N) is 6. The summed E-state index contributed by atoms with van der Waals surface area (Å²) in [5, 5.41) is 1.07. The number of carbonyl (C=O) groups excluding carboxylic acids is 1. The lowest BCUT2D eigenvalue weighted by Crippen LogP contribution is -2.28. The molecule has 2 aromatic carbocycles. The van der Waals surface area contributed by atoms with Gasteiger partial charge in [0.25, 0.3) is 0 Å². The maximum Gasteiger partial charge on any atom is 0.337 e. The fourth-order valence-corrected chi connectivity index (χ4v) is 4.67. The molecule has 0 bridgehead atoms. The van der Waals surface area contributed by atoms with Gasteiger partial charge in [-0.25, -0.2) is 29.7 Å². The van der Waals surface area contributed by atoms with Crippen LogP contribution >= 0.6 is 0 Å². The van der Waals surface area contributed by atoms with E-state index in [4.69, 9.17) is 9.72 Å². The fourth-order valence-electron chi connectivity index (χ4n) is 4.67. The molecule has 1 fully saturated rings. The predicted octanol–water partition coefficient (Wildman–Crippen LogP) is 4.42. The molecular formula is C26H22N6O2. The zero-order valence-electron chi connectivity index (χ0n) is 18.6. The van der Waals surface area contributed by atoms with Crippen molar-refractivity contribution in [3.63, 3.8) is 0 Å². The van der Waals surface area contributed by atoms with E-state index < -0.39 is 0 Å². The van der Waals surface area contributed by atoms with Gasteiger partial charge in [0, 0.05) is 29.6 Å². The minimum absolute atomic E-state index is 0.347. The number of fused-ring (bicyclic) bond motifs is 2. The third kappa shape index (κ3) is 3.57. The first-order chi connectivity index (χ1) is 16.7. The molecule has 0 amide bonds. The predicted molar refractivity (Wildman–Crippen MR) is 127 cm³/mol. The lowest BCUT2D eigenvalue weighted by atomic mass is 9.78. The molecule has 5 aromatic rings. The quantitative estimate of drug-likeness (QED) is 0.366. The van der Waals surface area contributed by atoms with Crippen LogP contribution in [0.15, 0.2) is 67.4 Å². The first-order valence-corrected chi connectivity index (χ1v) is 11.3. The van der Waals surface area contributed by atoms with Crippen LogP contribution in [-0.2, 0) is 11.2 Å². The summed E-state index contributed by atoms with van der Waals surface area (Å²) in [6.07, 6.45) is 8.29. The topological polar surface area (TPSA) is 95.7 Å². The summed E-state index contributed by atoms with van der Waals surface area (Å²) in [7, 11) is 1.37. The Bertz CT molecular complexity index is 1510. The number of imidazole rings is 1. The Morgan fingerprint density at radius 2 is 1.85 bits per heavy atom. The van der Waals surface area contributed by atoms with E-state index in [-0.39, 0.29) is 5.97 Å². The zero-order valence-corrected chi connectivity index (χ0v) is 18.6. The Hall–Kier alpha value is -4.20. The Kier molecular flexibility index (Phi) is 4.98. The van der Waals surface area contributed by atoms with E-state index in [1.165, 1.54) is 7.11 Å². The van der Waals surface area contributed by atoms with Crippen molar-refractivity contribution >= 4 is 28.0 Å². The van der Waals surface area contributed by atoms with Gasteiger partial charge in [-0.1, -0.05) is 30.3 Å². The molecule has 168 valence electrons. The van der Waals surface area contributed by atoms with Gasteiger partial charge < -0.3 is 9.30 Å². The summed E-state index contributed by atoms with van der Waals surface area (Å²) in [6, 6.07) is 15.6. The monoisotopic (exact) mass is 450 g/mol. The number of methoxy groups -OCH3 is 1. The van der Waals surface area contributed by atoms with E-state index in [0.29, 0.717) is 17.5 Å². The molecular weight excluding hydrogens is 428 g/mol. The highest BCUT2D eigenvalue weighted by Gasteiger charge is 2.32. The Balaban J connectivity index is 1.19. The normalized spacial score (nSPS) is 17.6. The summed E-state index contributed by atoms with van der Waals surface area (Å²) >= 11 is 0. The van der Waals surface area contributed by atoms with Crippen LogP contribution in [0.4, 0.5) is 0 Å². The maximum atomic E-state index is 11.7. The van der Waals surface area contributed by atoms with Crippen molar-refractivity contribution in [1.82, 2.24) is 29.5 Å². The van der Waals surface area contributed by atoms with Crippen LogP contribution in [0, 0.1) is 5.92 Å². The molecule has 34 heavy (non-hydrogen) atoms. The van der Waals surface area contributed by atoms with Gasteiger partial charge in [-0.05, 0) is 37.0 Å². The van der Waals surface area contributed by atoms with Gasteiger partial charge in [0.05, 0.1) is 24.5 Å². The first kappa shape index (κ1) is 20.4. The van der Waals surface area contributed by atoms with Crippen LogP contribution in [-0.4, -0.2) is 42.6 Å². The van der Waals surface area contributed by atoms with Gasteiger partial charge in [0.2, 0.25) is 0 Å². The number of hydrogen-bond acceptors (Lipinski definition) is 7. The van der Waals surface area contributed by atoms with E-state index >= 15 is 0 Å². The molecule has 8 heteroatoms. The van der Waals surface area contributed by atoms with Gasteiger partial charge in [0.1, 0.15) is 23.4 Å². The molecule has 1 aliphatic carbocycles. The number of esters is 1. The van der Waals surface area contributed by atoms with Crippen LogP contribution in [0.1, 0.15) is 35.1 Å². The van der Waals surface area contributed by atoms with E-state index in [1.807, 2.05) is 48.9 Å². The van der Waals surface area contributed by atoms with Gasteiger partial charge in [-0.2, -0.15) is 0 Å². The van der Waals surface area contributed by atoms with Crippen molar-refractivity contribution in [2.45, 2.75) is 25.3 Å². The number of benzene rings is 2. The lowest BCUT2D eigenvalue weighted by molar-refractivity contribution is 0.0600. The lowest BCUT2D eigenvalue weighted by Gasteiger charge is -2.35. The van der Waals surface area contributed by atoms with Crippen LogP contribution in [0.2, 0.25) is 0 Å². The molecule has 0 aliphatic heterocycles. The third-order valence-electron chi connectivity index (χ3n) is 6.55. The number of hydrogen-bond donors (Lipinski definition) is 0. The Morgan fingerprint density at radius 3 is 2.68 bits per heavy atom. The van der Waals surface area contributed by atoms with Crippen molar-refractivity contribution in [3.05, 3.63) is 78.8 Å². The number of ether oxygens (including phenoxy) is 1. The van der Waals surface area contributed by atoms with Gasteiger partial charge in [-0.3, -0.25) is 0 Å². The molecule has 6 rings (SSSR count). The van der Waals surface area contributed by atoms with Gasteiger partial charge >= 0.3 is 5.97 Å². The zero-order chi connectivity index (χ0) is 23.1. The minimum atomic E-state index is -0.364. The third-order valence-corrected chi connectivity index (χ3v) is 6.55. The molecule has 0 saturated heterocycles. The van der Waals surface area contributed by atoms with Crippen molar-refractivity contribution in [1.29, 1.82) is 0 Å². The Labute approximate surface area is 195 Å². The maximum absolute atomic E-state index is 11.7. The fraction of sp³-hybridized carbons (Fsp3) is 0.231. The largest absolute Gasteiger partial charge is 0.465 e. The number of para-hydroxylation sites is 1. The van der Waals surface area contributed by atoms with E-state index in [2.05, 4.69) is 24.5 Å². The van der Waals surface area contributed by atoms with Gasteiger partial charge in [-0.15, -0.1) is 0 Å². The average molecular weight is 451 g/mol. The van der Waals surface area contributed by atoms with Crippen LogP contribution in [0.25, 0.3) is 33.3 Å². The smallest absolute Gasteiger partial charge is 0.337 e. The van der Waals surface area contributed by atoms with E-state index in [1.54, 1.807) is 18.5 Å². The number of carbonyl (C=O) groups is 1. The highest BCUT2D eigenvalue weighted by Crippen LogP contribution is 2.41. The van der Waals surface area contributed by atoms with E-state index in [9.17, 15) is 4.79 Å². The van der Waals surface area contributed by atoms with Crippen molar-refractivity contribution < 1.29 is 9.53 Å². The number of aromatic nitrogens is 6. The van der Waals surface area contributed by atoms with Crippen LogP contribution < -0.4 is 0 Å². The standard InChI is InChI=1S/C26H22N6O2/c1-34-26(33)18-8-6-17(7-9-18)23-24-25(29-14-28-23)32(15-30-24)20-10-16(11-20)12-22-27-13-19-4-2-3-5-21(19)31-22/h2-9,13-16,20H,10-12H2,1H3. The summed E-state index contributed by atoms with van der Waals surface area (Å²) in [6.45, 7) is 0.